The summed E-state index contributed by atoms with van der Waals surface area (Å²) in [6, 6.07) is 7.19. The van der Waals surface area contributed by atoms with Gasteiger partial charge in [0.25, 0.3) is 5.69 Å². The van der Waals surface area contributed by atoms with Crippen molar-refractivity contribution in [3.8, 4) is 0 Å². The number of nitrogens with zero attached hydrogens (tertiary/aromatic N) is 1. The van der Waals surface area contributed by atoms with Gasteiger partial charge < -0.3 is 10.4 Å². The molecular weight excluding hydrogens is 320 g/mol. The number of thiophene rings is 1. The van der Waals surface area contributed by atoms with Crippen molar-refractivity contribution in [3.63, 3.8) is 0 Å². The van der Waals surface area contributed by atoms with Crippen LogP contribution in [0.25, 0.3) is 6.08 Å². The zero-order valence-electron chi connectivity index (χ0n) is 12.0. The van der Waals surface area contributed by atoms with Gasteiger partial charge in [0, 0.05) is 23.1 Å². The van der Waals surface area contributed by atoms with Crippen LogP contribution in [-0.2, 0) is 4.79 Å². The van der Waals surface area contributed by atoms with E-state index in [1.807, 2.05) is 0 Å². The molecule has 23 heavy (non-hydrogen) atoms. The van der Waals surface area contributed by atoms with E-state index in [1.54, 1.807) is 6.92 Å². The zero-order chi connectivity index (χ0) is 17.0. The number of anilines is 1. The largest absolute Gasteiger partial charge is 0.478 e. The molecule has 2 aromatic rings. The molecule has 1 aromatic carbocycles. The normalized spacial score (nSPS) is 10.7. The molecule has 0 atom stereocenters. The number of carboxylic acid groups (broad SMARTS) is 1. The predicted octanol–water partition coefficient (Wildman–Crippen LogP) is 3.31. The highest BCUT2D eigenvalue weighted by Crippen LogP contribution is 2.27. The highest BCUT2D eigenvalue weighted by molar-refractivity contribution is 7.16. The first-order valence-corrected chi connectivity index (χ1v) is 7.25. The quantitative estimate of drug-likeness (QED) is 0.496. The lowest BCUT2D eigenvalue weighted by atomic mass is 10.2. The lowest BCUT2D eigenvalue weighted by molar-refractivity contribution is -0.384. The third kappa shape index (κ3) is 4.24. The van der Waals surface area contributed by atoms with E-state index in [9.17, 15) is 19.7 Å². The molecule has 0 saturated carbocycles. The lowest BCUT2D eigenvalue weighted by Crippen LogP contribution is -2.09. The van der Waals surface area contributed by atoms with Crippen molar-refractivity contribution >= 4 is 40.0 Å². The number of rotatable bonds is 5. The van der Waals surface area contributed by atoms with Crippen molar-refractivity contribution in [2.75, 3.05) is 5.32 Å². The maximum atomic E-state index is 11.9. The third-order valence-electron chi connectivity index (χ3n) is 2.85. The van der Waals surface area contributed by atoms with Gasteiger partial charge in [-0.3, -0.25) is 14.9 Å². The number of carbonyl (C=O) groups excluding carboxylic acids is 1. The Bertz CT molecular complexity index is 793. The van der Waals surface area contributed by atoms with Crippen LogP contribution < -0.4 is 5.32 Å². The maximum absolute atomic E-state index is 11.9. The molecule has 0 radical (unpaired) electrons. The Balaban J connectivity index is 2.07. The zero-order valence-corrected chi connectivity index (χ0v) is 12.8. The number of nitro groups is 1. The molecule has 2 N–H and O–H groups in total. The molecule has 0 spiro atoms. The van der Waals surface area contributed by atoms with Crippen LogP contribution >= 0.6 is 11.3 Å². The van der Waals surface area contributed by atoms with Gasteiger partial charge in [-0.05, 0) is 36.8 Å². The van der Waals surface area contributed by atoms with Gasteiger partial charge in [0.1, 0.15) is 5.00 Å². The fourth-order valence-corrected chi connectivity index (χ4v) is 2.71. The second-order valence-electron chi connectivity index (χ2n) is 4.58. The summed E-state index contributed by atoms with van der Waals surface area (Å²) in [5, 5.41) is 22.4. The monoisotopic (exact) mass is 332 g/mol. The predicted molar refractivity (Wildman–Crippen MR) is 86.8 cm³/mol. The fourth-order valence-electron chi connectivity index (χ4n) is 1.80. The van der Waals surface area contributed by atoms with Crippen LogP contribution in [-0.4, -0.2) is 21.9 Å². The summed E-state index contributed by atoms with van der Waals surface area (Å²) >= 11 is 1.18. The third-order valence-corrected chi connectivity index (χ3v) is 3.82. The van der Waals surface area contributed by atoms with Crippen LogP contribution in [0.4, 0.5) is 10.7 Å². The number of amides is 1. The molecule has 118 valence electrons. The van der Waals surface area contributed by atoms with E-state index in [4.69, 9.17) is 5.11 Å². The van der Waals surface area contributed by atoms with Crippen molar-refractivity contribution in [2.45, 2.75) is 6.92 Å². The Labute approximate surface area is 135 Å². The molecule has 1 heterocycles. The smallest absolute Gasteiger partial charge is 0.338 e. The summed E-state index contributed by atoms with van der Waals surface area (Å²) in [4.78, 5) is 33.7. The van der Waals surface area contributed by atoms with Crippen LogP contribution in [0.1, 0.15) is 20.8 Å². The second-order valence-corrected chi connectivity index (χ2v) is 5.83. The van der Waals surface area contributed by atoms with Crippen LogP contribution in [0.5, 0.6) is 0 Å². The minimum atomic E-state index is -1.11. The van der Waals surface area contributed by atoms with Crippen LogP contribution in [0.3, 0.4) is 0 Å². The van der Waals surface area contributed by atoms with Crippen molar-refractivity contribution < 1.29 is 19.6 Å². The standard InChI is InChI=1S/C15H12N2O5S/c1-9-8-12(15(19)20)14(23-9)16-13(18)7-4-10-2-5-11(6-3-10)17(21)22/h2-8H,1H3,(H,16,18)(H,19,20)/b7-4+. The summed E-state index contributed by atoms with van der Waals surface area (Å²) in [6.45, 7) is 1.75. The molecule has 1 aromatic heterocycles. The van der Waals surface area contributed by atoms with Gasteiger partial charge in [-0.15, -0.1) is 11.3 Å². The molecule has 2 rings (SSSR count). The van der Waals surface area contributed by atoms with Crippen LogP contribution in [0.15, 0.2) is 36.4 Å². The van der Waals surface area contributed by atoms with E-state index in [1.165, 1.54) is 53.8 Å². The van der Waals surface area contributed by atoms with E-state index in [0.717, 1.165) is 4.88 Å². The highest BCUT2D eigenvalue weighted by Gasteiger charge is 2.14. The Morgan fingerprint density at radius 2 is 1.96 bits per heavy atom. The Kier molecular flexibility index (Phi) is 4.87. The maximum Gasteiger partial charge on any atom is 0.338 e. The first-order valence-electron chi connectivity index (χ1n) is 6.44. The van der Waals surface area contributed by atoms with Gasteiger partial charge >= 0.3 is 5.97 Å². The van der Waals surface area contributed by atoms with Crippen molar-refractivity contribution in [3.05, 3.63) is 62.5 Å². The molecule has 7 nitrogen and oxygen atoms in total. The molecular formula is C15H12N2O5S. The summed E-state index contributed by atoms with van der Waals surface area (Å²) in [5.74, 6) is -1.59. The molecule has 0 unspecified atom stereocenters. The number of hydrogen-bond acceptors (Lipinski definition) is 5. The van der Waals surface area contributed by atoms with Gasteiger partial charge in [-0.25, -0.2) is 4.79 Å². The van der Waals surface area contributed by atoms with Gasteiger partial charge in [0.2, 0.25) is 5.91 Å². The Hall–Kier alpha value is -3.00. The molecule has 0 aliphatic rings. The summed E-state index contributed by atoms with van der Waals surface area (Å²) in [7, 11) is 0. The molecule has 8 heteroatoms. The van der Waals surface area contributed by atoms with Crippen LogP contribution in [0.2, 0.25) is 0 Å². The van der Waals surface area contributed by atoms with Crippen molar-refractivity contribution in [1.29, 1.82) is 0 Å². The highest BCUT2D eigenvalue weighted by atomic mass is 32.1. The van der Waals surface area contributed by atoms with Gasteiger partial charge in [0.15, 0.2) is 0 Å². The van der Waals surface area contributed by atoms with Crippen LogP contribution in [0, 0.1) is 17.0 Å². The first-order chi connectivity index (χ1) is 10.9. The minimum Gasteiger partial charge on any atom is -0.478 e. The summed E-state index contributed by atoms with van der Waals surface area (Å²) in [6.07, 6.45) is 2.72. The van der Waals surface area contributed by atoms with Gasteiger partial charge in [-0.1, -0.05) is 0 Å². The fraction of sp³-hybridized carbons (Fsp3) is 0.0667. The van der Waals surface area contributed by atoms with E-state index >= 15 is 0 Å². The molecule has 0 fully saturated rings. The average molecular weight is 332 g/mol. The number of nitrogens with one attached hydrogen (secondary N) is 1. The average Bonchev–Trinajstić information content (AvgIpc) is 2.86. The number of aromatic carboxylic acids is 1. The molecule has 0 bridgehead atoms. The van der Waals surface area contributed by atoms with E-state index < -0.39 is 16.8 Å². The number of hydrogen-bond donors (Lipinski definition) is 2. The summed E-state index contributed by atoms with van der Waals surface area (Å²) in [5.41, 5.74) is 0.628. The number of nitro benzene ring substituents is 1. The number of carbonyl (C=O) groups is 2. The topological polar surface area (TPSA) is 110 Å². The SMILES string of the molecule is Cc1cc(C(=O)O)c(NC(=O)/C=C/c2ccc([N+](=O)[O-])cc2)s1. The summed E-state index contributed by atoms with van der Waals surface area (Å²) < 4.78 is 0. The number of aryl methyl sites for hydroxylation is 1. The molecule has 0 aliphatic heterocycles. The Morgan fingerprint density at radius 3 is 2.52 bits per heavy atom. The van der Waals surface area contributed by atoms with Gasteiger partial charge in [-0.2, -0.15) is 0 Å². The molecule has 0 saturated heterocycles. The van der Waals surface area contributed by atoms with Crippen molar-refractivity contribution in [2.24, 2.45) is 0 Å². The Morgan fingerprint density at radius 1 is 1.30 bits per heavy atom. The molecule has 1 amide bonds. The van der Waals surface area contributed by atoms with E-state index in [2.05, 4.69) is 5.32 Å². The second kappa shape index (κ2) is 6.84. The minimum absolute atomic E-state index is 0.0354. The number of benzene rings is 1. The first kappa shape index (κ1) is 16.4. The lowest BCUT2D eigenvalue weighted by Gasteiger charge is -2.00. The van der Waals surface area contributed by atoms with Gasteiger partial charge in [0.05, 0.1) is 10.5 Å². The number of non-ortho nitro benzene ring substituents is 1. The number of carboxylic acids is 1. The van der Waals surface area contributed by atoms with Crippen molar-refractivity contribution in [1.82, 2.24) is 0 Å². The van der Waals surface area contributed by atoms with E-state index in [-0.39, 0.29) is 16.3 Å². The van der Waals surface area contributed by atoms with E-state index in [0.29, 0.717) is 5.56 Å². The molecule has 0 aliphatic carbocycles.